The van der Waals surface area contributed by atoms with Gasteiger partial charge in [0.05, 0.1) is 0 Å². The summed E-state index contributed by atoms with van der Waals surface area (Å²) in [6, 6.07) is 0. The van der Waals surface area contributed by atoms with E-state index in [0.717, 1.165) is 0 Å². The Morgan fingerprint density at radius 2 is 2.11 bits per heavy atom. The zero-order chi connectivity index (χ0) is 7.44. The highest BCUT2D eigenvalue weighted by Crippen LogP contribution is 1.96. The lowest BCUT2D eigenvalue weighted by molar-refractivity contribution is -0.112. The van der Waals surface area contributed by atoms with E-state index in [0.29, 0.717) is 0 Å². The number of carbonyl (C=O) groups excluding carboxylic acids is 1. The Bertz CT molecular complexity index is 129. The fourth-order valence-electron chi connectivity index (χ4n) is 0.379. The number of hydrogen-bond acceptors (Lipinski definition) is 3. The van der Waals surface area contributed by atoms with Crippen LogP contribution in [0.25, 0.3) is 0 Å². The summed E-state index contributed by atoms with van der Waals surface area (Å²) in [5, 5.41) is 15.5. The van der Waals surface area contributed by atoms with Crippen LogP contribution in [0, 0.1) is 11.5 Å². The molecule has 0 spiro atoms. The van der Waals surface area contributed by atoms with Crippen LogP contribution >= 0.6 is 0 Å². The van der Waals surface area contributed by atoms with Gasteiger partial charge in [-0.25, -0.2) is 0 Å². The molecule has 0 aliphatic carbocycles. The van der Waals surface area contributed by atoms with E-state index in [4.69, 9.17) is 10.5 Å². The van der Waals surface area contributed by atoms with Crippen LogP contribution in [0.1, 0.15) is 20.3 Å². The van der Waals surface area contributed by atoms with Crippen LogP contribution in [-0.4, -0.2) is 16.6 Å². The van der Waals surface area contributed by atoms with Crippen LogP contribution in [0.4, 0.5) is 0 Å². The number of ketones is 1. The molecule has 0 bridgehead atoms. The number of aliphatic hydroxyl groups is 1. The van der Waals surface area contributed by atoms with Gasteiger partial charge in [-0.3, -0.25) is 10.2 Å². The number of aliphatic hydroxyl groups excluding tert-OH is 1. The summed E-state index contributed by atoms with van der Waals surface area (Å²) in [6.07, 6.45) is 0.0679. The average molecular weight is 128 g/mol. The first-order valence-electron chi connectivity index (χ1n) is 2.74. The number of nitrogens with one attached hydrogen (secondary N) is 1. The van der Waals surface area contributed by atoms with E-state index in [1.807, 2.05) is 0 Å². The molecule has 0 aromatic carbocycles. The molecule has 0 amide bonds. The van der Waals surface area contributed by atoms with Gasteiger partial charge in [-0.05, 0) is 6.92 Å². The zero-order valence-corrected chi connectivity index (χ0v) is 5.56. The summed E-state index contributed by atoms with van der Waals surface area (Å²) in [7, 11) is 0. The smallest absolute Gasteiger partial charge is 0.179 e. The maximum Gasteiger partial charge on any atom is 0.179 e. The minimum Gasteiger partial charge on any atom is -0.380 e. The Labute approximate surface area is 54.2 Å². The molecule has 51 valence electrons. The monoisotopic (exact) mass is 128 g/mol. The highest BCUT2D eigenvalue weighted by Gasteiger charge is 2.12. The van der Waals surface area contributed by atoms with Crippen molar-refractivity contribution in [1.29, 1.82) is 5.41 Å². The molecule has 0 atom stereocenters. The maximum atomic E-state index is 10.5. The Balaban J connectivity index is 3.89. The van der Waals surface area contributed by atoms with E-state index in [1.165, 1.54) is 6.92 Å². The molecule has 0 aliphatic heterocycles. The third kappa shape index (κ3) is 2.37. The van der Waals surface area contributed by atoms with Gasteiger partial charge in [-0.2, -0.15) is 0 Å². The largest absolute Gasteiger partial charge is 0.380 e. The predicted octanol–water partition coefficient (Wildman–Crippen LogP) is 0.910. The van der Waals surface area contributed by atoms with Gasteiger partial charge in [0.2, 0.25) is 0 Å². The highest BCUT2D eigenvalue weighted by molar-refractivity contribution is 6.42. The van der Waals surface area contributed by atoms with E-state index in [9.17, 15) is 4.79 Å². The molecule has 9 heavy (non-hydrogen) atoms. The summed E-state index contributed by atoms with van der Waals surface area (Å²) in [5.74, 6) is -0.324. The van der Waals surface area contributed by atoms with Crippen molar-refractivity contribution in [2.45, 2.75) is 20.3 Å². The van der Waals surface area contributed by atoms with Gasteiger partial charge < -0.3 is 5.11 Å². The van der Waals surface area contributed by atoms with Gasteiger partial charge in [-0.1, -0.05) is 6.92 Å². The Morgan fingerprint density at radius 3 is 2.22 bits per heavy atom. The summed E-state index contributed by atoms with van der Waals surface area (Å²) in [4.78, 5) is 10.5. The van der Waals surface area contributed by atoms with Gasteiger partial charge in [-0.15, -0.1) is 0 Å². The molecule has 1 radical (unpaired) electrons. The molecule has 0 saturated carbocycles. The van der Waals surface area contributed by atoms with Crippen LogP contribution in [-0.2, 0) is 4.79 Å². The molecule has 2 N–H and O–H groups in total. The standard InChI is InChI=1S/C6H10NO2/c1-3-5(9)6(7)4(2)8/h7-8H,3H2,1-2H3. The lowest BCUT2D eigenvalue weighted by Gasteiger charge is -2.00. The predicted molar refractivity (Wildman–Crippen MR) is 33.9 cm³/mol. The molecule has 3 heteroatoms. The molecule has 0 saturated heterocycles. The molecule has 0 aliphatic rings. The van der Waals surface area contributed by atoms with Crippen LogP contribution < -0.4 is 0 Å². The van der Waals surface area contributed by atoms with E-state index in [2.05, 4.69) is 0 Å². The van der Waals surface area contributed by atoms with Gasteiger partial charge in [0.15, 0.2) is 5.78 Å². The first-order chi connectivity index (χ1) is 4.09. The first-order valence-corrected chi connectivity index (χ1v) is 2.74. The minimum absolute atomic E-state index is 0.207. The third-order valence-corrected chi connectivity index (χ3v) is 0.962. The van der Waals surface area contributed by atoms with E-state index >= 15 is 0 Å². The lowest BCUT2D eigenvalue weighted by atomic mass is 10.1. The van der Waals surface area contributed by atoms with Crippen LogP contribution in [0.5, 0.6) is 0 Å². The quantitative estimate of drug-likeness (QED) is 0.555. The number of rotatable bonds is 3. The fraction of sp³-hybridized carbons (Fsp3) is 0.500. The molecule has 0 rings (SSSR count). The topological polar surface area (TPSA) is 61.2 Å². The number of Topliss-reactive ketones (excluding diaryl/α,β-unsaturated/α-hetero) is 1. The molecule has 0 heterocycles. The SMILES string of the molecule is CCC(=O)C(=N)[C](C)O. The normalized spacial score (nSPS) is 9.78. The van der Waals surface area contributed by atoms with Crippen LogP contribution in [0.15, 0.2) is 0 Å². The van der Waals surface area contributed by atoms with Crippen molar-refractivity contribution in [1.82, 2.24) is 0 Å². The van der Waals surface area contributed by atoms with Crippen LogP contribution in [0.2, 0.25) is 0 Å². The number of carbonyl (C=O) groups is 1. The Morgan fingerprint density at radius 1 is 1.67 bits per heavy atom. The summed E-state index contributed by atoms with van der Waals surface area (Å²) >= 11 is 0. The van der Waals surface area contributed by atoms with Gasteiger partial charge in [0.25, 0.3) is 0 Å². The number of hydrogen-bond donors (Lipinski definition) is 2. The second-order valence-electron chi connectivity index (χ2n) is 1.74. The third-order valence-electron chi connectivity index (χ3n) is 0.962. The van der Waals surface area contributed by atoms with E-state index in [1.54, 1.807) is 6.92 Å². The molecule has 0 fully saturated rings. The van der Waals surface area contributed by atoms with Crippen molar-refractivity contribution < 1.29 is 9.90 Å². The van der Waals surface area contributed by atoms with Gasteiger partial charge >= 0.3 is 0 Å². The molecular weight excluding hydrogens is 118 g/mol. The van der Waals surface area contributed by atoms with Crippen molar-refractivity contribution in [3.8, 4) is 0 Å². The summed E-state index contributed by atoms with van der Waals surface area (Å²) in [6.45, 7) is 2.98. The van der Waals surface area contributed by atoms with Crippen molar-refractivity contribution in [3.63, 3.8) is 0 Å². The van der Waals surface area contributed by atoms with Crippen molar-refractivity contribution >= 4 is 11.5 Å². The van der Waals surface area contributed by atoms with Gasteiger partial charge in [0.1, 0.15) is 11.8 Å². The van der Waals surface area contributed by atoms with Crippen molar-refractivity contribution in [2.75, 3.05) is 0 Å². The molecule has 0 unspecified atom stereocenters. The molecule has 3 nitrogen and oxygen atoms in total. The van der Waals surface area contributed by atoms with E-state index < -0.39 is 0 Å². The fourth-order valence-corrected chi connectivity index (χ4v) is 0.379. The molecule has 0 aromatic rings. The van der Waals surface area contributed by atoms with Crippen LogP contribution in [0.3, 0.4) is 0 Å². The Kier molecular flexibility index (Phi) is 3.09. The summed E-state index contributed by atoms with van der Waals surface area (Å²) < 4.78 is 0. The minimum atomic E-state index is -0.324. The maximum absolute atomic E-state index is 10.5. The first kappa shape index (κ1) is 8.30. The molecular formula is C6H10NO2. The Hall–Kier alpha value is -0.700. The second-order valence-corrected chi connectivity index (χ2v) is 1.74. The average Bonchev–Trinajstić information content (AvgIpc) is 1.84. The highest BCUT2D eigenvalue weighted by atomic mass is 16.3. The van der Waals surface area contributed by atoms with Crippen molar-refractivity contribution in [3.05, 3.63) is 6.10 Å². The summed E-state index contributed by atoms with van der Waals surface area (Å²) in [5.41, 5.74) is -0.280. The van der Waals surface area contributed by atoms with Gasteiger partial charge in [0, 0.05) is 6.42 Å². The van der Waals surface area contributed by atoms with Crippen molar-refractivity contribution in [2.24, 2.45) is 0 Å². The van der Waals surface area contributed by atoms with E-state index in [-0.39, 0.29) is 24.0 Å². The second kappa shape index (κ2) is 3.35. The zero-order valence-electron chi connectivity index (χ0n) is 5.56. The molecule has 0 aromatic heterocycles. The lowest BCUT2D eigenvalue weighted by Crippen LogP contribution is -2.17.